The Balaban J connectivity index is 1.98. The molecular weight excluding hydrogens is 302 g/mol. The van der Waals surface area contributed by atoms with Crippen molar-refractivity contribution in [1.82, 2.24) is 5.32 Å². The van der Waals surface area contributed by atoms with E-state index >= 15 is 0 Å². The first kappa shape index (κ1) is 14.7. The fourth-order valence-corrected chi connectivity index (χ4v) is 4.37. The van der Waals surface area contributed by atoms with Gasteiger partial charge in [0.1, 0.15) is 0 Å². The summed E-state index contributed by atoms with van der Waals surface area (Å²) in [5.41, 5.74) is 0. The Morgan fingerprint density at radius 3 is 2.75 bits per heavy atom. The van der Waals surface area contributed by atoms with Gasteiger partial charge >= 0.3 is 5.97 Å². The largest absolute Gasteiger partial charge is 0.478 e. The number of carboxylic acids is 1. The molecule has 0 aromatic carbocycles. The zero-order valence-corrected chi connectivity index (χ0v) is 12.0. The van der Waals surface area contributed by atoms with Gasteiger partial charge in [-0.2, -0.15) is 0 Å². The Hall–Kier alpha value is -1.67. The van der Waals surface area contributed by atoms with Crippen molar-refractivity contribution in [2.45, 2.75) is 12.5 Å². The van der Waals surface area contributed by atoms with Gasteiger partial charge < -0.3 is 10.4 Å². The summed E-state index contributed by atoms with van der Waals surface area (Å²) >= 11 is 1.15. The third-order valence-electron chi connectivity index (χ3n) is 2.81. The Labute approximate surface area is 120 Å². The number of carbonyl (C=O) groups is 2. The van der Waals surface area contributed by atoms with Crippen LogP contribution >= 0.6 is 11.3 Å². The quantitative estimate of drug-likeness (QED) is 0.799. The van der Waals surface area contributed by atoms with Crippen LogP contribution in [0.2, 0.25) is 0 Å². The van der Waals surface area contributed by atoms with Gasteiger partial charge in [0.15, 0.2) is 9.84 Å². The van der Waals surface area contributed by atoms with E-state index in [0.717, 1.165) is 17.4 Å². The summed E-state index contributed by atoms with van der Waals surface area (Å²) in [6.07, 6.45) is 2.84. The monoisotopic (exact) mass is 315 g/mol. The predicted octanol–water partition coefficient (Wildman–Crippen LogP) is 0.763. The molecule has 2 heterocycles. The van der Waals surface area contributed by atoms with E-state index in [-0.39, 0.29) is 23.5 Å². The summed E-state index contributed by atoms with van der Waals surface area (Å²) in [6, 6.07) is 2.89. The average Bonchev–Trinajstić information content (AvgIpc) is 2.93. The first-order chi connectivity index (χ1) is 9.35. The molecule has 1 aliphatic rings. The molecule has 0 saturated carbocycles. The van der Waals surface area contributed by atoms with E-state index in [1.165, 1.54) is 6.08 Å². The van der Waals surface area contributed by atoms with Crippen molar-refractivity contribution in [2.75, 3.05) is 11.5 Å². The van der Waals surface area contributed by atoms with E-state index in [1.54, 1.807) is 12.1 Å². The number of hydrogen-bond acceptors (Lipinski definition) is 5. The van der Waals surface area contributed by atoms with Crippen molar-refractivity contribution in [3.63, 3.8) is 0 Å². The number of rotatable bonds is 4. The third kappa shape index (κ3) is 3.91. The Morgan fingerprint density at radius 1 is 1.40 bits per heavy atom. The number of carboxylic acid groups (broad SMARTS) is 1. The highest BCUT2D eigenvalue weighted by atomic mass is 32.2. The molecule has 1 unspecified atom stereocenters. The van der Waals surface area contributed by atoms with Crippen molar-refractivity contribution in [2.24, 2.45) is 0 Å². The molecule has 0 radical (unpaired) electrons. The van der Waals surface area contributed by atoms with Crippen LogP contribution in [0.4, 0.5) is 0 Å². The van der Waals surface area contributed by atoms with Crippen LogP contribution in [0.25, 0.3) is 6.08 Å². The van der Waals surface area contributed by atoms with Crippen LogP contribution in [0.15, 0.2) is 18.2 Å². The van der Waals surface area contributed by atoms with Gasteiger partial charge in [-0.3, -0.25) is 4.79 Å². The van der Waals surface area contributed by atoms with E-state index in [4.69, 9.17) is 5.11 Å². The highest BCUT2D eigenvalue weighted by molar-refractivity contribution is 7.91. The molecule has 1 fully saturated rings. The standard InChI is InChI=1S/C12H13NO5S2/c14-11(15)4-2-9-1-3-10(19-9)12(16)13-8-5-6-20(17,18)7-8/h1-4,8H,5-7H2,(H,13,16)(H,14,15). The van der Waals surface area contributed by atoms with E-state index < -0.39 is 15.8 Å². The van der Waals surface area contributed by atoms with Crippen molar-refractivity contribution < 1.29 is 23.1 Å². The normalized spacial score (nSPS) is 21.1. The minimum Gasteiger partial charge on any atom is -0.478 e. The lowest BCUT2D eigenvalue weighted by molar-refractivity contribution is -0.131. The summed E-state index contributed by atoms with van der Waals surface area (Å²) in [4.78, 5) is 23.4. The summed E-state index contributed by atoms with van der Waals surface area (Å²) in [5.74, 6) is -1.29. The zero-order valence-electron chi connectivity index (χ0n) is 10.4. The van der Waals surface area contributed by atoms with Crippen LogP contribution in [-0.2, 0) is 14.6 Å². The average molecular weight is 315 g/mol. The highest BCUT2D eigenvalue weighted by Crippen LogP contribution is 2.19. The van der Waals surface area contributed by atoms with Crippen LogP contribution in [-0.4, -0.2) is 42.9 Å². The van der Waals surface area contributed by atoms with Crippen LogP contribution in [0, 0.1) is 0 Å². The van der Waals surface area contributed by atoms with E-state index in [2.05, 4.69) is 5.32 Å². The van der Waals surface area contributed by atoms with Crippen LogP contribution in [0.5, 0.6) is 0 Å². The van der Waals surface area contributed by atoms with Crippen molar-refractivity contribution in [3.05, 3.63) is 28.0 Å². The van der Waals surface area contributed by atoms with Crippen molar-refractivity contribution in [1.29, 1.82) is 0 Å². The van der Waals surface area contributed by atoms with Crippen molar-refractivity contribution in [3.8, 4) is 0 Å². The first-order valence-corrected chi connectivity index (χ1v) is 8.52. The predicted molar refractivity (Wildman–Crippen MR) is 75.5 cm³/mol. The van der Waals surface area contributed by atoms with Gasteiger partial charge in [-0.05, 0) is 24.6 Å². The first-order valence-electron chi connectivity index (χ1n) is 5.88. The van der Waals surface area contributed by atoms with E-state index in [0.29, 0.717) is 16.2 Å². The summed E-state index contributed by atoms with van der Waals surface area (Å²) < 4.78 is 22.6. The second-order valence-corrected chi connectivity index (χ2v) is 7.79. The molecule has 1 atom stereocenters. The van der Waals surface area contributed by atoms with Gasteiger partial charge in [-0.1, -0.05) is 0 Å². The summed E-state index contributed by atoms with van der Waals surface area (Å²) in [6.45, 7) is 0. The van der Waals surface area contributed by atoms with Crippen LogP contribution < -0.4 is 5.32 Å². The maximum absolute atomic E-state index is 11.9. The van der Waals surface area contributed by atoms with Gasteiger partial charge in [0.25, 0.3) is 5.91 Å². The molecule has 2 N–H and O–H groups in total. The minimum atomic E-state index is -3.02. The van der Waals surface area contributed by atoms with Crippen LogP contribution in [0.1, 0.15) is 21.0 Å². The minimum absolute atomic E-state index is 0.0180. The lowest BCUT2D eigenvalue weighted by atomic mass is 10.2. The van der Waals surface area contributed by atoms with E-state index in [9.17, 15) is 18.0 Å². The molecule has 0 bridgehead atoms. The number of amides is 1. The molecule has 108 valence electrons. The fourth-order valence-electron chi connectivity index (χ4n) is 1.88. The Bertz CT molecular complexity index is 659. The molecule has 0 spiro atoms. The Kier molecular flexibility index (Phi) is 4.24. The molecule has 8 heteroatoms. The molecule has 0 aliphatic carbocycles. The Morgan fingerprint density at radius 2 is 2.15 bits per heavy atom. The second-order valence-electron chi connectivity index (χ2n) is 4.45. The molecule has 1 saturated heterocycles. The van der Waals surface area contributed by atoms with E-state index in [1.807, 2.05) is 0 Å². The lowest BCUT2D eigenvalue weighted by Crippen LogP contribution is -2.35. The molecule has 1 aromatic rings. The molecular formula is C12H13NO5S2. The topological polar surface area (TPSA) is 101 Å². The van der Waals surface area contributed by atoms with Gasteiger partial charge in [0, 0.05) is 17.0 Å². The van der Waals surface area contributed by atoms with Gasteiger partial charge in [0.05, 0.1) is 16.4 Å². The number of aliphatic carboxylic acids is 1. The maximum atomic E-state index is 11.9. The highest BCUT2D eigenvalue weighted by Gasteiger charge is 2.29. The SMILES string of the molecule is O=C(O)C=Cc1ccc(C(=O)NC2CCS(=O)(=O)C2)s1. The number of carbonyl (C=O) groups excluding carboxylic acids is 1. The summed E-state index contributed by atoms with van der Waals surface area (Å²) in [5, 5.41) is 11.2. The van der Waals surface area contributed by atoms with Gasteiger partial charge in [-0.25, -0.2) is 13.2 Å². The number of thiophene rings is 1. The number of sulfone groups is 1. The molecule has 6 nitrogen and oxygen atoms in total. The molecule has 20 heavy (non-hydrogen) atoms. The maximum Gasteiger partial charge on any atom is 0.328 e. The lowest BCUT2D eigenvalue weighted by Gasteiger charge is -2.09. The zero-order chi connectivity index (χ0) is 14.8. The number of hydrogen-bond donors (Lipinski definition) is 2. The second kappa shape index (κ2) is 5.76. The molecule has 2 rings (SSSR count). The smallest absolute Gasteiger partial charge is 0.328 e. The third-order valence-corrected chi connectivity index (χ3v) is 5.63. The fraction of sp³-hybridized carbons (Fsp3) is 0.333. The molecule has 1 aliphatic heterocycles. The van der Waals surface area contributed by atoms with Gasteiger partial charge in [0.2, 0.25) is 0 Å². The summed E-state index contributed by atoms with van der Waals surface area (Å²) in [7, 11) is -3.02. The molecule has 1 amide bonds. The van der Waals surface area contributed by atoms with Crippen molar-refractivity contribution >= 4 is 39.1 Å². The van der Waals surface area contributed by atoms with Crippen LogP contribution in [0.3, 0.4) is 0 Å². The number of nitrogens with one attached hydrogen (secondary N) is 1. The van der Waals surface area contributed by atoms with Gasteiger partial charge in [-0.15, -0.1) is 11.3 Å². The molecule has 1 aromatic heterocycles.